The Morgan fingerprint density at radius 1 is 1.11 bits per heavy atom. The predicted molar refractivity (Wildman–Crippen MR) is 106 cm³/mol. The van der Waals surface area contributed by atoms with Crippen molar-refractivity contribution in [1.29, 1.82) is 0 Å². The van der Waals surface area contributed by atoms with Gasteiger partial charge in [0.25, 0.3) is 0 Å². The molecule has 0 unspecified atom stereocenters. The molecule has 2 aliphatic heterocycles. The first-order valence-electron chi connectivity index (χ1n) is 9.83. The Kier molecular flexibility index (Phi) is 4.92. The highest BCUT2D eigenvalue weighted by molar-refractivity contribution is 5.70. The Morgan fingerprint density at radius 3 is 2.56 bits per heavy atom. The standard InChI is InChI=1S/C23H28N2O2/c1-18-8-10-21(11-9-18)16-27-22(26)25-14-19(2)23(25)12-13-24(17-23)15-20-6-4-3-5-7-20/h3-11,19H,12-17H2,1-2H3/t19-,23-/m0/s1. The van der Waals surface area contributed by atoms with Crippen LogP contribution in [0.5, 0.6) is 0 Å². The van der Waals surface area contributed by atoms with E-state index in [-0.39, 0.29) is 11.6 Å². The van der Waals surface area contributed by atoms with Crippen LogP contribution in [0.4, 0.5) is 4.79 Å². The lowest BCUT2D eigenvalue weighted by Gasteiger charge is -2.55. The second kappa shape index (κ2) is 7.35. The van der Waals surface area contributed by atoms with Crippen molar-refractivity contribution in [1.82, 2.24) is 9.80 Å². The first-order chi connectivity index (χ1) is 13.1. The molecular weight excluding hydrogens is 336 g/mol. The van der Waals surface area contributed by atoms with Gasteiger partial charge in [-0.05, 0) is 30.4 Å². The molecule has 4 rings (SSSR count). The van der Waals surface area contributed by atoms with Gasteiger partial charge in [0.1, 0.15) is 6.61 Å². The number of benzene rings is 2. The third-order valence-electron chi connectivity index (χ3n) is 6.22. The van der Waals surface area contributed by atoms with Gasteiger partial charge in [0.2, 0.25) is 0 Å². The molecule has 27 heavy (non-hydrogen) atoms. The van der Waals surface area contributed by atoms with Crippen molar-refractivity contribution in [3.05, 3.63) is 71.3 Å². The van der Waals surface area contributed by atoms with Crippen LogP contribution in [0.2, 0.25) is 0 Å². The zero-order chi connectivity index (χ0) is 18.9. The molecule has 0 saturated carbocycles. The van der Waals surface area contributed by atoms with Gasteiger partial charge in [-0.15, -0.1) is 0 Å². The molecule has 2 aliphatic rings. The number of aryl methyl sites for hydroxylation is 1. The quantitative estimate of drug-likeness (QED) is 0.814. The number of rotatable bonds is 4. The van der Waals surface area contributed by atoms with E-state index in [4.69, 9.17) is 4.74 Å². The van der Waals surface area contributed by atoms with Crippen LogP contribution in [0.3, 0.4) is 0 Å². The number of hydrogen-bond donors (Lipinski definition) is 0. The highest BCUT2D eigenvalue weighted by Crippen LogP contribution is 2.44. The van der Waals surface area contributed by atoms with Gasteiger partial charge < -0.3 is 9.64 Å². The molecule has 2 aromatic carbocycles. The van der Waals surface area contributed by atoms with Gasteiger partial charge >= 0.3 is 6.09 Å². The van der Waals surface area contributed by atoms with Gasteiger partial charge in [-0.1, -0.05) is 67.1 Å². The molecule has 2 atom stereocenters. The summed E-state index contributed by atoms with van der Waals surface area (Å²) in [7, 11) is 0. The minimum Gasteiger partial charge on any atom is -0.445 e. The van der Waals surface area contributed by atoms with Crippen molar-refractivity contribution in [3.8, 4) is 0 Å². The lowest BCUT2D eigenvalue weighted by atomic mass is 9.74. The maximum absolute atomic E-state index is 12.7. The summed E-state index contributed by atoms with van der Waals surface area (Å²) < 4.78 is 5.63. The van der Waals surface area contributed by atoms with Crippen LogP contribution < -0.4 is 0 Å². The van der Waals surface area contributed by atoms with Crippen molar-refractivity contribution < 1.29 is 9.53 Å². The molecule has 2 aromatic rings. The van der Waals surface area contributed by atoms with E-state index in [0.717, 1.165) is 38.2 Å². The minimum atomic E-state index is -0.171. The fourth-order valence-electron chi connectivity index (χ4n) is 4.44. The smallest absolute Gasteiger partial charge is 0.410 e. The summed E-state index contributed by atoms with van der Waals surface area (Å²) in [6.45, 7) is 8.36. The summed E-state index contributed by atoms with van der Waals surface area (Å²) in [5.41, 5.74) is 3.52. The molecule has 1 spiro atoms. The Labute approximate surface area is 161 Å². The zero-order valence-electron chi connectivity index (χ0n) is 16.2. The van der Waals surface area contributed by atoms with E-state index in [1.165, 1.54) is 11.1 Å². The lowest BCUT2D eigenvalue weighted by Crippen LogP contribution is -2.69. The fraction of sp³-hybridized carbons (Fsp3) is 0.435. The van der Waals surface area contributed by atoms with Crippen LogP contribution >= 0.6 is 0 Å². The van der Waals surface area contributed by atoms with E-state index in [2.05, 4.69) is 61.2 Å². The topological polar surface area (TPSA) is 32.8 Å². The molecule has 0 bridgehead atoms. The maximum Gasteiger partial charge on any atom is 0.410 e. The lowest BCUT2D eigenvalue weighted by molar-refractivity contribution is -0.0572. The van der Waals surface area contributed by atoms with E-state index in [0.29, 0.717) is 12.5 Å². The van der Waals surface area contributed by atoms with Gasteiger partial charge in [0.05, 0.1) is 5.54 Å². The van der Waals surface area contributed by atoms with Gasteiger partial charge in [0, 0.05) is 26.2 Å². The SMILES string of the molecule is Cc1ccc(COC(=O)N2C[C@H](C)[C@@]23CCN(Cc2ccccc2)C3)cc1. The second-order valence-electron chi connectivity index (χ2n) is 8.10. The predicted octanol–water partition coefficient (Wildman–Crippen LogP) is 4.23. The number of carbonyl (C=O) groups is 1. The third-order valence-corrected chi connectivity index (χ3v) is 6.22. The second-order valence-corrected chi connectivity index (χ2v) is 8.10. The van der Waals surface area contributed by atoms with Gasteiger partial charge in [0.15, 0.2) is 0 Å². The Hall–Kier alpha value is -2.33. The van der Waals surface area contributed by atoms with Crippen molar-refractivity contribution in [3.63, 3.8) is 0 Å². The first kappa shape index (κ1) is 18.1. The average molecular weight is 364 g/mol. The molecule has 0 aromatic heterocycles. The number of ether oxygens (including phenoxy) is 1. The highest BCUT2D eigenvalue weighted by Gasteiger charge is 2.57. The largest absolute Gasteiger partial charge is 0.445 e. The minimum absolute atomic E-state index is 0.0564. The Bertz CT molecular complexity index is 790. The number of carbonyl (C=O) groups excluding carboxylic acids is 1. The van der Waals surface area contributed by atoms with Crippen molar-refractivity contribution in [2.24, 2.45) is 5.92 Å². The number of amides is 1. The normalized spacial score (nSPS) is 24.8. The van der Waals surface area contributed by atoms with Crippen LogP contribution in [-0.4, -0.2) is 41.1 Å². The summed E-state index contributed by atoms with van der Waals surface area (Å²) >= 11 is 0. The Morgan fingerprint density at radius 2 is 1.85 bits per heavy atom. The average Bonchev–Trinajstić information content (AvgIpc) is 3.13. The van der Waals surface area contributed by atoms with Gasteiger partial charge in [-0.25, -0.2) is 4.79 Å². The van der Waals surface area contributed by atoms with Gasteiger partial charge in [-0.2, -0.15) is 0 Å². The summed E-state index contributed by atoms with van der Waals surface area (Å²) in [6, 6.07) is 18.7. The molecule has 2 fully saturated rings. The summed E-state index contributed by atoms with van der Waals surface area (Å²) in [4.78, 5) is 17.2. The van der Waals surface area contributed by atoms with Crippen molar-refractivity contribution >= 4 is 6.09 Å². The molecule has 4 heteroatoms. The monoisotopic (exact) mass is 364 g/mol. The molecule has 1 amide bonds. The number of hydrogen-bond acceptors (Lipinski definition) is 3. The molecule has 0 N–H and O–H groups in total. The molecule has 0 radical (unpaired) electrons. The van der Waals surface area contributed by atoms with Crippen LogP contribution in [0, 0.1) is 12.8 Å². The van der Waals surface area contributed by atoms with E-state index in [1.807, 2.05) is 17.0 Å². The number of nitrogens with zero attached hydrogens (tertiary/aromatic N) is 2. The van der Waals surface area contributed by atoms with Crippen molar-refractivity contribution in [2.75, 3.05) is 19.6 Å². The fourth-order valence-corrected chi connectivity index (χ4v) is 4.44. The zero-order valence-corrected chi connectivity index (χ0v) is 16.2. The van der Waals surface area contributed by atoms with E-state index in [1.54, 1.807) is 0 Å². The molecule has 2 saturated heterocycles. The molecule has 4 nitrogen and oxygen atoms in total. The van der Waals surface area contributed by atoms with E-state index < -0.39 is 0 Å². The van der Waals surface area contributed by atoms with Crippen LogP contribution in [0.25, 0.3) is 0 Å². The Balaban J connectivity index is 1.36. The van der Waals surface area contributed by atoms with Crippen molar-refractivity contribution in [2.45, 2.75) is 39.0 Å². The molecular formula is C23H28N2O2. The van der Waals surface area contributed by atoms with Gasteiger partial charge in [-0.3, -0.25) is 4.90 Å². The van der Waals surface area contributed by atoms with Crippen LogP contribution in [-0.2, 0) is 17.9 Å². The van der Waals surface area contributed by atoms with E-state index in [9.17, 15) is 4.79 Å². The molecule has 0 aliphatic carbocycles. The van der Waals surface area contributed by atoms with E-state index >= 15 is 0 Å². The number of likely N-dealkylation sites (tertiary alicyclic amines) is 2. The van der Waals surface area contributed by atoms with Crippen LogP contribution in [0.15, 0.2) is 54.6 Å². The summed E-state index contributed by atoms with van der Waals surface area (Å²) in [5, 5.41) is 0. The summed E-state index contributed by atoms with van der Waals surface area (Å²) in [6.07, 6.45) is 0.857. The maximum atomic E-state index is 12.7. The third kappa shape index (κ3) is 3.59. The highest BCUT2D eigenvalue weighted by atomic mass is 16.6. The molecule has 2 heterocycles. The molecule has 142 valence electrons. The summed E-state index contributed by atoms with van der Waals surface area (Å²) in [5.74, 6) is 0.519. The first-order valence-corrected chi connectivity index (χ1v) is 9.83. The van der Waals surface area contributed by atoms with Crippen LogP contribution in [0.1, 0.15) is 30.0 Å².